The van der Waals surface area contributed by atoms with Crippen molar-refractivity contribution in [1.29, 1.82) is 0 Å². The molecule has 1 unspecified atom stereocenters. The molecule has 2 rings (SSSR count). The van der Waals surface area contributed by atoms with Crippen LogP contribution in [0, 0.1) is 11.8 Å². The monoisotopic (exact) mass is 585 g/mol. The first-order valence-electron chi connectivity index (χ1n) is 12.8. The molecule has 1 aromatic carbocycles. The van der Waals surface area contributed by atoms with Crippen molar-refractivity contribution in [2.75, 3.05) is 18.4 Å². The van der Waals surface area contributed by atoms with Gasteiger partial charge in [0.1, 0.15) is 6.54 Å². The number of aliphatic carboxylic acids is 1. The first-order valence-corrected chi connectivity index (χ1v) is 12.8. The van der Waals surface area contributed by atoms with Gasteiger partial charge in [-0.25, -0.2) is 0 Å². The van der Waals surface area contributed by atoms with Gasteiger partial charge in [-0.15, -0.1) is 0 Å². The van der Waals surface area contributed by atoms with E-state index < -0.39 is 77.6 Å². The Hall–Kier alpha value is -4.01. The number of carboxylic acid groups (broad SMARTS) is 1. The number of carbonyl (C=O) groups is 6. The molecule has 226 valence electrons. The Bertz CT molecular complexity index is 1190. The summed E-state index contributed by atoms with van der Waals surface area (Å²) in [5.74, 6) is -8.65. The molecule has 1 aliphatic rings. The lowest BCUT2D eigenvalue weighted by Gasteiger charge is -2.38. The molecule has 3 atom stereocenters. The van der Waals surface area contributed by atoms with Crippen molar-refractivity contribution in [2.45, 2.75) is 64.3 Å². The summed E-state index contributed by atoms with van der Waals surface area (Å²) in [6, 6.07) is 1.95. The number of carbonyl (C=O) groups excluding carboxylic acids is 5. The summed E-state index contributed by atoms with van der Waals surface area (Å²) in [5, 5.41) is 15.4. The van der Waals surface area contributed by atoms with Crippen LogP contribution in [0.25, 0.3) is 0 Å². The number of nitrogens with zero attached hydrogens (tertiary/aromatic N) is 1. The van der Waals surface area contributed by atoms with Gasteiger partial charge in [-0.3, -0.25) is 28.8 Å². The second-order valence-corrected chi connectivity index (χ2v) is 10.4. The fraction of sp³-hybridized carbons (Fsp3) is 0.538. The number of likely N-dealkylation sites (tertiary alicyclic amines) is 1. The number of alkyl halides is 3. The van der Waals surface area contributed by atoms with Gasteiger partial charge in [0.15, 0.2) is 0 Å². The fourth-order valence-electron chi connectivity index (χ4n) is 4.33. The number of hydrogen-bond acceptors (Lipinski definition) is 7. The molecule has 12 nitrogen and oxygen atoms in total. The minimum Gasteiger partial charge on any atom is -0.480 e. The number of nitrogens with one attached hydrogen (secondary N) is 3. The standard InChI is InChI=1S/C26H34F3N5O7/c1-13(2)18(30)22(39)34-11-5-10-25(34,24(41)33-19(14(3)4)20(37)26(27,28)29)23(40)32-16-8-6-15(7-9-16)21(38)31-12-17(35)36/h6-9,13-14,18-19H,5,10-12,30H2,1-4H3,(H,31,38)(H,32,40)(H,33,41)(H,35,36)/t18-,19?,25+/m0/s1. The largest absolute Gasteiger partial charge is 0.480 e. The molecule has 6 N–H and O–H groups in total. The van der Waals surface area contributed by atoms with Crippen molar-refractivity contribution in [3.63, 3.8) is 0 Å². The quantitative estimate of drug-likeness (QED) is 0.238. The lowest BCUT2D eigenvalue weighted by molar-refractivity contribution is -0.175. The SMILES string of the molecule is CC(C)C(NC(=O)[C@]1(C(=O)Nc2ccc(C(=O)NCC(=O)O)cc2)CCCN1C(=O)[C@@H](N)C(C)C)C(=O)C(F)(F)F. The van der Waals surface area contributed by atoms with Gasteiger partial charge in [-0.05, 0) is 48.9 Å². The van der Waals surface area contributed by atoms with Gasteiger partial charge < -0.3 is 31.7 Å². The third-order valence-corrected chi connectivity index (χ3v) is 6.72. The molecule has 0 saturated carbocycles. The molecular weight excluding hydrogens is 551 g/mol. The third-order valence-electron chi connectivity index (χ3n) is 6.72. The number of carboxylic acids is 1. The highest BCUT2D eigenvalue weighted by Gasteiger charge is 2.58. The second-order valence-electron chi connectivity index (χ2n) is 10.4. The summed E-state index contributed by atoms with van der Waals surface area (Å²) in [4.78, 5) is 76.5. The molecule has 0 aliphatic carbocycles. The zero-order chi connectivity index (χ0) is 31.3. The van der Waals surface area contributed by atoms with Crippen LogP contribution in [0.1, 0.15) is 50.9 Å². The van der Waals surface area contributed by atoms with Crippen molar-refractivity contribution in [2.24, 2.45) is 17.6 Å². The Balaban J connectivity index is 2.46. The Kier molecular flexibility index (Phi) is 10.6. The second kappa shape index (κ2) is 13.1. The average molecular weight is 586 g/mol. The topological polar surface area (TPSA) is 188 Å². The lowest BCUT2D eigenvalue weighted by Crippen LogP contribution is -2.68. The highest BCUT2D eigenvalue weighted by molar-refractivity contribution is 6.18. The summed E-state index contributed by atoms with van der Waals surface area (Å²) in [5.41, 5.74) is 3.82. The van der Waals surface area contributed by atoms with Crippen molar-refractivity contribution < 1.29 is 47.0 Å². The summed E-state index contributed by atoms with van der Waals surface area (Å²) < 4.78 is 39.9. The van der Waals surface area contributed by atoms with Crippen molar-refractivity contribution >= 4 is 41.1 Å². The van der Waals surface area contributed by atoms with E-state index in [9.17, 15) is 41.9 Å². The van der Waals surface area contributed by atoms with E-state index in [0.717, 1.165) is 4.90 Å². The Morgan fingerprint density at radius 1 is 1.00 bits per heavy atom. The number of amides is 4. The molecule has 1 fully saturated rings. The number of nitrogens with two attached hydrogens (primary N) is 1. The van der Waals surface area contributed by atoms with E-state index in [-0.39, 0.29) is 30.6 Å². The molecule has 1 aromatic rings. The van der Waals surface area contributed by atoms with Crippen LogP contribution in [0.2, 0.25) is 0 Å². The molecule has 1 saturated heterocycles. The normalized spacial score (nSPS) is 18.5. The van der Waals surface area contributed by atoms with E-state index in [1.165, 1.54) is 38.1 Å². The molecule has 4 amide bonds. The highest BCUT2D eigenvalue weighted by Crippen LogP contribution is 2.33. The van der Waals surface area contributed by atoms with Crippen LogP contribution in [-0.4, -0.2) is 82.3 Å². The van der Waals surface area contributed by atoms with Gasteiger partial charge in [-0.2, -0.15) is 13.2 Å². The van der Waals surface area contributed by atoms with Crippen LogP contribution in [0.3, 0.4) is 0 Å². The molecule has 1 heterocycles. The molecule has 0 spiro atoms. The fourth-order valence-corrected chi connectivity index (χ4v) is 4.33. The highest BCUT2D eigenvalue weighted by atomic mass is 19.4. The van der Waals surface area contributed by atoms with Gasteiger partial charge >= 0.3 is 12.1 Å². The Morgan fingerprint density at radius 3 is 2.07 bits per heavy atom. The minimum absolute atomic E-state index is 0.0581. The van der Waals surface area contributed by atoms with Crippen molar-refractivity contribution in [3.05, 3.63) is 29.8 Å². The van der Waals surface area contributed by atoms with Gasteiger partial charge in [0.2, 0.25) is 11.4 Å². The van der Waals surface area contributed by atoms with Crippen molar-refractivity contribution in [3.8, 4) is 0 Å². The summed E-state index contributed by atoms with van der Waals surface area (Å²) >= 11 is 0. The number of hydrogen-bond donors (Lipinski definition) is 5. The maximum Gasteiger partial charge on any atom is 0.452 e. The molecular formula is C26H34F3N5O7. The number of rotatable bonds is 11. The lowest BCUT2D eigenvalue weighted by atomic mass is 9.89. The Morgan fingerprint density at radius 2 is 1.59 bits per heavy atom. The van der Waals surface area contributed by atoms with E-state index in [1.807, 2.05) is 0 Å². The van der Waals surface area contributed by atoms with Gasteiger partial charge in [-0.1, -0.05) is 27.7 Å². The van der Waals surface area contributed by atoms with Crippen LogP contribution in [0.5, 0.6) is 0 Å². The number of halogens is 3. The number of Topliss-reactive ketones (excluding diaryl/α,β-unsaturated/α-hetero) is 1. The van der Waals surface area contributed by atoms with Crippen molar-refractivity contribution in [1.82, 2.24) is 15.5 Å². The number of ketones is 1. The van der Waals surface area contributed by atoms with E-state index in [2.05, 4.69) is 16.0 Å². The summed E-state index contributed by atoms with van der Waals surface area (Å²) in [6.45, 7) is 5.16. The van der Waals surface area contributed by atoms with E-state index in [1.54, 1.807) is 13.8 Å². The number of benzene rings is 1. The van der Waals surface area contributed by atoms with Crippen LogP contribution >= 0.6 is 0 Å². The first kappa shape index (κ1) is 33.2. The number of anilines is 1. The molecule has 0 bridgehead atoms. The van der Waals surface area contributed by atoms with Crippen LogP contribution in [-0.2, 0) is 24.0 Å². The predicted molar refractivity (Wildman–Crippen MR) is 139 cm³/mol. The van der Waals surface area contributed by atoms with Gasteiger partial charge in [0.25, 0.3) is 23.5 Å². The Labute approximate surface area is 234 Å². The van der Waals surface area contributed by atoms with E-state index in [0.29, 0.717) is 0 Å². The summed E-state index contributed by atoms with van der Waals surface area (Å²) in [6.07, 6.45) is -5.39. The van der Waals surface area contributed by atoms with E-state index >= 15 is 0 Å². The minimum atomic E-state index is -5.26. The third kappa shape index (κ3) is 7.60. The van der Waals surface area contributed by atoms with E-state index in [4.69, 9.17) is 10.8 Å². The maximum absolute atomic E-state index is 13.7. The molecule has 41 heavy (non-hydrogen) atoms. The molecule has 1 aliphatic heterocycles. The van der Waals surface area contributed by atoms with Crippen LogP contribution in [0.4, 0.5) is 18.9 Å². The van der Waals surface area contributed by atoms with Gasteiger partial charge in [0, 0.05) is 17.8 Å². The van der Waals surface area contributed by atoms with Gasteiger partial charge in [0.05, 0.1) is 12.1 Å². The molecule has 0 aromatic heterocycles. The zero-order valence-electron chi connectivity index (χ0n) is 23.0. The van der Waals surface area contributed by atoms with Crippen LogP contribution in [0.15, 0.2) is 24.3 Å². The maximum atomic E-state index is 13.7. The smallest absolute Gasteiger partial charge is 0.452 e. The predicted octanol–water partition coefficient (Wildman–Crippen LogP) is 1.06. The summed E-state index contributed by atoms with van der Waals surface area (Å²) in [7, 11) is 0. The zero-order valence-corrected chi connectivity index (χ0v) is 23.0. The molecule has 15 heteroatoms. The van der Waals surface area contributed by atoms with Crippen LogP contribution < -0.4 is 21.7 Å². The molecule has 0 radical (unpaired) electrons. The average Bonchev–Trinajstić information content (AvgIpc) is 3.35. The first-order chi connectivity index (χ1) is 18.9.